The molecule has 5 heteroatoms. The predicted molar refractivity (Wildman–Crippen MR) is 61.6 cm³/mol. The van der Waals surface area contributed by atoms with Crippen LogP contribution in [0.5, 0.6) is 5.75 Å². The molecule has 86 valence electrons. The molecule has 0 aliphatic rings. The van der Waals surface area contributed by atoms with Gasteiger partial charge in [-0.1, -0.05) is 0 Å². The van der Waals surface area contributed by atoms with Crippen molar-refractivity contribution in [3.8, 4) is 5.75 Å². The molecular weight excluding hydrogens is 208 g/mol. The van der Waals surface area contributed by atoms with Gasteiger partial charge in [0.2, 0.25) is 11.8 Å². The highest BCUT2D eigenvalue weighted by Crippen LogP contribution is 2.27. The summed E-state index contributed by atoms with van der Waals surface area (Å²) in [6.45, 7) is 2.83. The Labute approximate surface area is 93.8 Å². The molecule has 0 aliphatic heterocycles. The first-order valence-corrected chi connectivity index (χ1v) is 4.76. The monoisotopic (exact) mass is 222 g/mol. The van der Waals surface area contributed by atoms with Gasteiger partial charge < -0.3 is 15.4 Å². The molecule has 0 unspecified atom stereocenters. The van der Waals surface area contributed by atoms with Crippen molar-refractivity contribution in [1.29, 1.82) is 0 Å². The van der Waals surface area contributed by atoms with E-state index in [2.05, 4.69) is 10.6 Å². The molecule has 0 radical (unpaired) electrons. The molecule has 16 heavy (non-hydrogen) atoms. The minimum absolute atomic E-state index is 0.168. The van der Waals surface area contributed by atoms with Crippen molar-refractivity contribution in [1.82, 2.24) is 0 Å². The maximum Gasteiger partial charge on any atom is 0.221 e. The number of benzene rings is 1. The second-order valence-electron chi connectivity index (χ2n) is 3.28. The van der Waals surface area contributed by atoms with Crippen LogP contribution in [0.4, 0.5) is 11.4 Å². The lowest BCUT2D eigenvalue weighted by Crippen LogP contribution is -2.09. The third-order valence-corrected chi connectivity index (χ3v) is 1.83. The van der Waals surface area contributed by atoms with Crippen LogP contribution in [0.1, 0.15) is 13.8 Å². The standard InChI is InChI=1S/C11H14N2O3/c1-7(14)12-9-4-5-11(16-3)10(6-9)13-8(2)15/h4-6H,1-3H3,(H,12,14)(H,13,15). The normalized spacial score (nSPS) is 9.44. The average molecular weight is 222 g/mol. The van der Waals surface area contributed by atoms with Crippen molar-refractivity contribution >= 4 is 23.2 Å². The molecule has 0 atom stereocenters. The summed E-state index contributed by atoms with van der Waals surface area (Å²) in [5, 5.41) is 5.25. The van der Waals surface area contributed by atoms with Crippen LogP contribution in [-0.4, -0.2) is 18.9 Å². The number of nitrogens with one attached hydrogen (secondary N) is 2. The minimum atomic E-state index is -0.196. The zero-order valence-electron chi connectivity index (χ0n) is 9.46. The number of carbonyl (C=O) groups is 2. The van der Waals surface area contributed by atoms with Crippen LogP contribution in [0.15, 0.2) is 18.2 Å². The van der Waals surface area contributed by atoms with Crippen molar-refractivity contribution in [3.05, 3.63) is 18.2 Å². The van der Waals surface area contributed by atoms with E-state index in [1.165, 1.54) is 21.0 Å². The second kappa shape index (κ2) is 5.16. The number of rotatable bonds is 3. The molecule has 1 rings (SSSR count). The van der Waals surface area contributed by atoms with E-state index in [0.29, 0.717) is 17.1 Å². The van der Waals surface area contributed by atoms with Crippen LogP contribution in [0.25, 0.3) is 0 Å². The number of hydrogen-bond donors (Lipinski definition) is 2. The molecule has 0 saturated carbocycles. The summed E-state index contributed by atoms with van der Waals surface area (Å²) >= 11 is 0. The van der Waals surface area contributed by atoms with Crippen LogP contribution in [-0.2, 0) is 9.59 Å². The maximum absolute atomic E-state index is 11.0. The summed E-state index contributed by atoms with van der Waals surface area (Å²) < 4.78 is 5.08. The highest BCUT2D eigenvalue weighted by Gasteiger charge is 2.06. The van der Waals surface area contributed by atoms with Gasteiger partial charge in [0.25, 0.3) is 0 Å². The van der Waals surface area contributed by atoms with Gasteiger partial charge in [-0.25, -0.2) is 0 Å². The van der Waals surface area contributed by atoms with E-state index in [1.807, 2.05) is 0 Å². The molecule has 2 amide bonds. The van der Waals surface area contributed by atoms with Crippen molar-refractivity contribution < 1.29 is 14.3 Å². The Morgan fingerprint density at radius 2 is 1.75 bits per heavy atom. The quantitative estimate of drug-likeness (QED) is 0.816. The molecule has 0 saturated heterocycles. The number of anilines is 2. The molecule has 5 nitrogen and oxygen atoms in total. The van der Waals surface area contributed by atoms with Crippen LogP contribution < -0.4 is 15.4 Å². The van der Waals surface area contributed by atoms with Crippen LogP contribution >= 0.6 is 0 Å². The molecule has 0 spiro atoms. The van der Waals surface area contributed by atoms with Crippen molar-refractivity contribution in [2.45, 2.75) is 13.8 Å². The topological polar surface area (TPSA) is 67.4 Å². The van der Waals surface area contributed by atoms with E-state index in [-0.39, 0.29) is 11.8 Å². The second-order valence-corrected chi connectivity index (χ2v) is 3.28. The first-order valence-electron chi connectivity index (χ1n) is 4.76. The summed E-state index contributed by atoms with van der Waals surface area (Å²) in [5.74, 6) is 0.182. The Balaban J connectivity index is 3.00. The first kappa shape index (κ1) is 12.0. The summed E-state index contributed by atoms with van der Waals surface area (Å²) in [5.41, 5.74) is 1.14. The fraction of sp³-hybridized carbons (Fsp3) is 0.273. The van der Waals surface area contributed by atoms with E-state index in [1.54, 1.807) is 18.2 Å². The number of amides is 2. The van der Waals surface area contributed by atoms with Crippen molar-refractivity contribution in [3.63, 3.8) is 0 Å². The molecule has 0 aromatic heterocycles. The molecule has 0 heterocycles. The Kier molecular flexibility index (Phi) is 3.88. The van der Waals surface area contributed by atoms with Gasteiger partial charge in [0.15, 0.2) is 0 Å². The number of methoxy groups -OCH3 is 1. The van der Waals surface area contributed by atoms with E-state index >= 15 is 0 Å². The molecule has 0 bridgehead atoms. The van der Waals surface area contributed by atoms with Gasteiger partial charge in [0, 0.05) is 19.5 Å². The largest absolute Gasteiger partial charge is 0.495 e. The molecule has 1 aromatic carbocycles. The minimum Gasteiger partial charge on any atom is -0.495 e. The molecule has 1 aromatic rings. The zero-order valence-corrected chi connectivity index (χ0v) is 9.46. The summed E-state index contributed by atoms with van der Waals surface area (Å²) in [7, 11) is 1.51. The highest BCUT2D eigenvalue weighted by molar-refractivity contribution is 5.93. The van der Waals surface area contributed by atoms with Crippen LogP contribution in [0.2, 0.25) is 0 Å². The van der Waals surface area contributed by atoms with E-state index < -0.39 is 0 Å². The Morgan fingerprint density at radius 3 is 2.25 bits per heavy atom. The lowest BCUT2D eigenvalue weighted by atomic mass is 10.2. The van der Waals surface area contributed by atoms with Gasteiger partial charge in [-0.15, -0.1) is 0 Å². The number of ether oxygens (including phenoxy) is 1. The van der Waals surface area contributed by atoms with Gasteiger partial charge in [0.05, 0.1) is 12.8 Å². The van der Waals surface area contributed by atoms with Crippen LogP contribution in [0.3, 0.4) is 0 Å². The van der Waals surface area contributed by atoms with Gasteiger partial charge in [0.1, 0.15) is 5.75 Å². The van der Waals surface area contributed by atoms with Gasteiger partial charge in [-0.3, -0.25) is 9.59 Å². The zero-order chi connectivity index (χ0) is 12.1. The van der Waals surface area contributed by atoms with Crippen molar-refractivity contribution in [2.75, 3.05) is 17.7 Å². The highest BCUT2D eigenvalue weighted by atomic mass is 16.5. The van der Waals surface area contributed by atoms with Gasteiger partial charge >= 0.3 is 0 Å². The fourth-order valence-electron chi connectivity index (χ4n) is 1.28. The van der Waals surface area contributed by atoms with E-state index in [9.17, 15) is 9.59 Å². The third kappa shape index (κ3) is 3.27. The fourth-order valence-corrected chi connectivity index (χ4v) is 1.28. The Morgan fingerprint density at radius 1 is 1.12 bits per heavy atom. The number of carbonyl (C=O) groups excluding carboxylic acids is 2. The number of hydrogen-bond acceptors (Lipinski definition) is 3. The summed E-state index contributed by atoms with van der Waals surface area (Å²) in [4.78, 5) is 21.8. The average Bonchev–Trinajstić information content (AvgIpc) is 2.16. The van der Waals surface area contributed by atoms with Crippen molar-refractivity contribution in [2.24, 2.45) is 0 Å². The Bertz CT molecular complexity index is 416. The van der Waals surface area contributed by atoms with Crippen LogP contribution in [0, 0.1) is 0 Å². The third-order valence-electron chi connectivity index (χ3n) is 1.83. The SMILES string of the molecule is COc1ccc(NC(C)=O)cc1NC(C)=O. The van der Waals surface area contributed by atoms with E-state index in [4.69, 9.17) is 4.74 Å². The molecule has 0 fully saturated rings. The first-order chi connectivity index (χ1) is 7.52. The Hall–Kier alpha value is -2.04. The van der Waals surface area contributed by atoms with E-state index in [0.717, 1.165) is 0 Å². The molecule has 2 N–H and O–H groups in total. The predicted octanol–water partition coefficient (Wildman–Crippen LogP) is 1.61. The summed E-state index contributed by atoms with van der Waals surface area (Å²) in [6, 6.07) is 5.02. The molecule has 0 aliphatic carbocycles. The van der Waals surface area contributed by atoms with Gasteiger partial charge in [-0.2, -0.15) is 0 Å². The lowest BCUT2D eigenvalue weighted by molar-refractivity contribution is -0.115. The lowest BCUT2D eigenvalue weighted by Gasteiger charge is -2.11. The maximum atomic E-state index is 11.0. The molecular formula is C11H14N2O3. The van der Waals surface area contributed by atoms with Gasteiger partial charge in [-0.05, 0) is 18.2 Å². The summed E-state index contributed by atoms with van der Waals surface area (Å²) in [6.07, 6.45) is 0. The smallest absolute Gasteiger partial charge is 0.221 e.